The van der Waals surface area contributed by atoms with Crippen molar-refractivity contribution in [2.75, 3.05) is 11.1 Å². The number of benzene rings is 1. The maximum Gasteiger partial charge on any atom is 0.314 e. The molecule has 3 N–H and O–H groups in total. The molecule has 1 aromatic rings. The molecule has 17 heavy (non-hydrogen) atoms. The van der Waals surface area contributed by atoms with E-state index in [0.717, 1.165) is 0 Å². The van der Waals surface area contributed by atoms with Crippen molar-refractivity contribution in [2.45, 2.75) is 32.2 Å². The van der Waals surface area contributed by atoms with Crippen molar-refractivity contribution >= 4 is 17.1 Å². The first kappa shape index (κ1) is 11.7. The van der Waals surface area contributed by atoms with E-state index in [1.165, 1.54) is 12.8 Å². The summed E-state index contributed by atoms with van der Waals surface area (Å²) >= 11 is 0. The molecule has 0 unspecified atom stereocenters. The van der Waals surface area contributed by atoms with E-state index in [4.69, 9.17) is 5.73 Å². The normalized spacial score (nSPS) is 15.6. The quantitative estimate of drug-likeness (QED) is 0.477. The smallest absolute Gasteiger partial charge is 0.314 e. The van der Waals surface area contributed by atoms with Crippen molar-refractivity contribution in [3.05, 3.63) is 28.3 Å². The van der Waals surface area contributed by atoms with Gasteiger partial charge in [0.05, 0.1) is 4.92 Å². The Kier molecular flexibility index (Phi) is 2.69. The number of nitrogens with one attached hydrogen (secondary N) is 1. The Hall–Kier alpha value is -1.78. The van der Waals surface area contributed by atoms with Crippen LogP contribution < -0.4 is 11.1 Å². The van der Waals surface area contributed by atoms with Gasteiger partial charge in [-0.2, -0.15) is 0 Å². The Morgan fingerprint density at radius 3 is 2.65 bits per heavy atom. The lowest BCUT2D eigenvalue weighted by Crippen LogP contribution is -2.33. The molecule has 1 aliphatic rings. The van der Waals surface area contributed by atoms with E-state index < -0.39 is 4.92 Å². The van der Waals surface area contributed by atoms with Gasteiger partial charge in [-0.15, -0.1) is 0 Å². The second-order valence-corrected chi connectivity index (χ2v) is 5.12. The minimum absolute atomic E-state index is 0.0266. The summed E-state index contributed by atoms with van der Waals surface area (Å²) in [5.41, 5.74) is 6.21. The average molecular weight is 235 g/mol. The van der Waals surface area contributed by atoms with Crippen LogP contribution in [0.15, 0.2) is 18.2 Å². The lowest BCUT2D eigenvalue weighted by molar-refractivity contribution is -0.383. The van der Waals surface area contributed by atoms with Gasteiger partial charge in [0.15, 0.2) is 0 Å². The first-order valence-corrected chi connectivity index (χ1v) is 5.73. The minimum Gasteiger partial charge on any atom is -0.393 e. The van der Waals surface area contributed by atoms with Gasteiger partial charge >= 0.3 is 5.69 Å². The molecule has 92 valence electrons. The number of nitro groups is 1. The molecule has 0 aromatic heterocycles. The van der Waals surface area contributed by atoms with Gasteiger partial charge in [0.1, 0.15) is 11.4 Å². The Morgan fingerprint density at radius 2 is 2.12 bits per heavy atom. The lowest BCUT2D eigenvalue weighted by Gasteiger charge is -2.27. The van der Waals surface area contributed by atoms with Crippen molar-refractivity contribution in [1.82, 2.24) is 0 Å². The Bertz CT molecular complexity index is 453. The van der Waals surface area contributed by atoms with E-state index in [-0.39, 0.29) is 16.9 Å². The van der Waals surface area contributed by atoms with Crippen LogP contribution in [0, 0.1) is 16.0 Å². The number of rotatable bonds is 4. The molecule has 5 heteroatoms. The molecular weight excluding hydrogens is 218 g/mol. The van der Waals surface area contributed by atoms with E-state index >= 15 is 0 Å². The molecule has 0 atom stereocenters. The number of anilines is 2. The molecule has 1 aromatic carbocycles. The summed E-state index contributed by atoms with van der Waals surface area (Å²) in [5.74, 6) is 0.587. The van der Waals surface area contributed by atoms with Crippen LogP contribution in [0.3, 0.4) is 0 Å². The number of nitrogens with zero attached hydrogens (tertiary/aromatic N) is 1. The monoisotopic (exact) mass is 235 g/mol. The van der Waals surface area contributed by atoms with Crippen molar-refractivity contribution < 1.29 is 4.92 Å². The second kappa shape index (κ2) is 3.91. The standard InChI is InChI=1S/C12H17N3O2/c1-12(2,8-6-7-8)14-10-5-3-4-9(13)11(10)15(16)17/h3-5,8,14H,6-7,13H2,1-2H3. The zero-order chi connectivity index (χ0) is 12.6. The molecule has 0 radical (unpaired) electrons. The fourth-order valence-electron chi connectivity index (χ4n) is 2.12. The van der Waals surface area contributed by atoms with E-state index in [1.807, 2.05) is 0 Å². The molecule has 0 spiro atoms. The molecule has 1 aliphatic carbocycles. The first-order chi connectivity index (χ1) is 7.92. The largest absolute Gasteiger partial charge is 0.393 e. The number of nitro benzene ring substituents is 1. The summed E-state index contributed by atoms with van der Waals surface area (Å²) in [6.45, 7) is 4.13. The van der Waals surface area contributed by atoms with Gasteiger partial charge in [-0.05, 0) is 44.7 Å². The van der Waals surface area contributed by atoms with Crippen LogP contribution in [0.25, 0.3) is 0 Å². The van der Waals surface area contributed by atoms with Gasteiger partial charge < -0.3 is 11.1 Å². The third-order valence-electron chi connectivity index (χ3n) is 3.30. The molecule has 1 fully saturated rings. The van der Waals surface area contributed by atoms with Crippen molar-refractivity contribution in [3.8, 4) is 0 Å². The summed E-state index contributed by atoms with van der Waals surface area (Å²) in [6.07, 6.45) is 2.35. The Balaban J connectivity index is 2.32. The van der Waals surface area contributed by atoms with Gasteiger partial charge in [0.2, 0.25) is 0 Å². The highest BCUT2D eigenvalue weighted by molar-refractivity contribution is 5.74. The van der Waals surface area contributed by atoms with Crippen LogP contribution in [-0.4, -0.2) is 10.5 Å². The molecule has 2 rings (SSSR count). The fourth-order valence-corrected chi connectivity index (χ4v) is 2.12. The fraction of sp³-hybridized carbons (Fsp3) is 0.500. The predicted molar refractivity (Wildman–Crippen MR) is 67.9 cm³/mol. The highest BCUT2D eigenvalue weighted by Gasteiger charge is 2.38. The van der Waals surface area contributed by atoms with E-state index in [1.54, 1.807) is 18.2 Å². The predicted octanol–water partition coefficient (Wildman–Crippen LogP) is 2.78. The third kappa shape index (κ3) is 2.33. The van der Waals surface area contributed by atoms with Crippen LogP contribution in [-0.2, 0) is 0 Å². The van der Waals surface area contributed by atoms with Crippen LogP contribution in [0.4, 0.5) is 17.1 Å². The van der Waals surface area contributed by atoms with Crippen LogP contribution in [0.2, 0.25) is 0 Å². The lowest BCUT2D eigenvalue weighted by atomic mass is 9.98. The van der Waals surface area contributed by atoms with Crippen LogP contribution in [0.1, 0.15) is 26.7 Å². The van der Waals surface area contributed by atoms with Crippen LogP contribution in [0.5, 0.6) is 0 Å². The molecule has 0 amide bonds. The molecule has 0 aliphatic heterocycles. The van der Waals surface area contributed by atoms with E-state index in [2.05, 4.69) is 19.2 Å². The van der Waals surface area contributed by atoms with Gasteiger partial charge in [0.25, 0.3) is 0 Å². The zero-order valence-corrected chi connectivity index (χ0v) is 10.1. The molecular formula is C12H17N3O2. The first-order valence-electron chi connectivity index (χ1n) is 5.73. The van der Waals surface area contributed by atoms with Crippen molar-refractivity contribution in [1.29, 1.82) is 0 Å². The van der Waals surface area contributed by atoms with Crippen LogP contribution >= 0.6 is 0 Å². The maximum atomic E-state index is 11.0. The summed E-state index contributed by atoms with van der Waals surface area (Å²) in [4.78, 5) is 10.6. The molecule has 0 bridgehead atoms. The second-order valence-electron chi connectivity index (χ2n) is 5.12. The summed E-state index contributed by atoms with van der Waals surface area (Å²) in [7, 11) is 0. The number of nitrogens with two attached hydrogens (primary N) is 1. The highest BCUT2D eigenvalue weighted by Crippen LogP contribution is 2.43. The molecule has 5 nitrogen and oxygen atoms in total. The third-order valence-corrected chi connectivity index (χ3v) is 3.30. The zero-order valence-electron chi connectivity index (χ0n) is 10.1. The summed E-state index contributed by atoms with van der Waals surface area (Å²) < 4.78 is 0. The number of para-hydroxylation sites is 1. The van der Waals surface area contributed by atoms with E-state index in [9.17, 15) is 10.1 Å². The van der Waals surface area contributed by atoms with Crippen molar-refractivity contribution in [2.24, 2.45) is 5.92 Å². The number of hydrogen-bond acceptors (Lipinski definition) is 4. The number of nitrogen functional groups attached to an aromatic ring is 1. The SMILES string of the molecule is CC(C)(Nc1cccc(N)c1[N+](=O)[O-])C1CC1. The molecule has 0 saturated heterocycles. The number of hydrogen-bond donors (Lipinski definition) is 2. The summed E-state index contributed by atoms with van der Waals surface area (Å²) in [5, 5.41) is 14.2. The van der Waals surface area contributed by atoms with Gasteiger partial charge in [-0.25, -0.2) is 0 Å². The van der Waals surface area contributed by atoms with Crippen molar-refractivity contribution in [3.63, 3.8) is 0 Å². The Labute approximate surface area is 100 Å². The molecule has 0 heterocycles. The van der Waals surface area contributed by atoms with Gasteiger partial charge in [-0.3, -0.25) is 10.1 Å². The van der Waals surface area contributed by atoms with E-state index in [0.29, 0.717) is 11.6 Å². The average Bonchev–Trinajstić information content (AvgIpc) is 2.98. The van der Waals surface area contributed by atoms with Gasteiger partial charge in [-0.1, -0.05) is 6.07 Å². The molecule has 1 saturated carbocycles. The minimum atomic E-state index is -0.430. The van der Waals surface area contributed by atoms with Gasteiger partial charge in [0, 0.05) is 5.54 Å². The highest BCUT2D eigenvalue weighted by atomic mass is 16.6. The summed E-state index contributed by atoms with van der Waals surface area (Å²) in [6, 6.07) is 4.99. The maximum absolute atomic E-state index is 11.0. The topological polar surface area (TPSA) is 81.2 Å². The Morgan fingerprint density at radius 1 is 1.47 bits per heavy atom.